The second kappa shape index (κ2) is 7.64. The molecule has 1 aromatic rings. The summed E-state index contributed by atoms with van der Waals surface area (Å²) in [7, 11) is 0. The number of benzene rings is 1. The first-order chi connectivity index (χ1) is 8.17. The van der Waals surface area contributed by atoms with Crippen molar-refractivity contribution in [3.8, 4) is 0 Å². The largest absolute Gasteiger partial charge is 0.380 e. The lowest BCUT2D eigenvalue weighted by Crippen LogP contribution is -2.35. The second-order valence-corrected chi connectivity index (χ2v) is 4.26. The first kappa shape index (κ1) is 14.4. The third-order valence-electron chi connectivity index (χ3n) is 2.49. The Morgan fingerprint density at radius 1 is 1.41 bits per heavy atom. The van der Waals surface area contributed by atoms with Crippen LogP contribution in [0.25, 0.3) is 0 Å². The minimum Gasteiger partial charge on any atom is -0.380 e. The molecular weight excluding hydrogens is 241 g/mol. The Bertz CT molecular complexity index is 346. The van der Waals surface area contributed by atoms with E-state index < -0.39 is 0 Å². The van der Waals surface area contributed by atoms with Crippen LogP contribution in [0.2, 0.25) is 5.02 Å². The molecule has 0 aromatic heterocycles. The summed E-state index contributed by atoms with van der Waals surface area (Å²) in [5, 5.41) is 3.91. The highest BCUT2D eigenvalue weighted by Crippen LogP contribution is 2.18. The van der Waals surface area contributed by atoms with Gasteiger partial charge in [0.1, 0.15) is 5.82 Å². The van der Waals surface area contributed by atoms with Gasteiger partial charge in [0.05, 0.1) is 6.61 Å². The van der Waals surface area contributed by atoms with Crippen molar-refractivity contribution >= 4 is 11.6 Å². The number of likely N-dealkylation sites (N-methyl/N-ethyl adjacent to an activating group) is 1. The van der Waals surface area contributed by atoms with E-state index in [2.05, 4.69) is 5.32 Å². The van der Waals surface area contributed by atoms with Gasteiger partial charge < -0.3 is 10.1 Å². The van der Waals surface area contributed by atoms with Crippen molar-refractivity contribution in [1.29, 1.82) is 0 Å². The maximum Gasteiger partial charge on any atom is 0.123 e. The van der Waals surface area contributed by atoms with E-state index in [-0.39, 0.29) is 11.9 Å². The molecule has 0 spiro atoms. The van der Waals surface area contributed by atoms with Gasteiger partial charge in [-0.25, -0.2) is 4.39 Å². The number of ether oxygens (including phenoxy) is 1. The second-order valence-electron chi connectivity index (χ2n) is 3.85. The normalized spacial score (nSPS) is 12.7. The molecule has 1 rings (SSSR count). The Hall–Kier alpha value is -0.640. The zero-order valence-corrected chi connectivity index (χ0v) is 11.1. The van der Waals surface area contributed by atoms with Crippen LogP contribution in [0.15, 0.2) is 18.2 Å². The number of hydrogen-bond acceptors (Lipinski definition) is 2. The zero-order valence-electron chi connectivity index (χ0n) is 10.3. The molecule has 0 amide bonds. The fourth-order valence-electron chi connectivity index (χ4n) is 1.70. The number of halogens is 2. The summed E-state index contributed by atoms with van der Waals surface area (Å²) in [5.41, 5.74) is 0.817. The van der Waals surface area contributed by atoms with Gasteiger partial charge in [0.2, 0.25) is 0 Å². The summed E-state index contributed by atoms with van der Waals surface area (Å²) in [6.45, 7) is 6.13. The summed E-state index contributed by atoms with van der Waals surface area (Å²) in [6.07, 6.45) is 0.671. The molecule has 4 heteroatoms. The monoisotopic (exact) mass is 259 g/mol. The lowest BCUT2D eigenvalue weighted by molar-refractivity contribution is 0.123. The van der Waals surface area contributed by atoms with E-state index in [0.29, 0.717) is 24.7 Å². The average Bonchev–Trinajstić information content (AvgIpc) is 2.31. The molecule has 1 N–H and O–H groups in total. The maximum absolute atomic E-state index is 13.1. The van der Waals surface area contributed by atoms with Gasteiger partial charge in [-0.1, -0.05) is 18.5 Å². The van der Waals surface area contributed by atoms with Gasteiger partial charge in [-0.05, 0) is 43.7 Å². The molecule has 0 radical (unpaired) electrons. The van der Waals surface area contributed by atoms with Gasteiger partial charge in [-0.15, -0.1) is 0 Å². The van der Waals surface area contributed by atoms with Crippen LogP contribution in [0.4, 0.5) is 4.39 Å². The summed E-state index contributed by atoms with van der Waals surface area (Å²) in [6, 6.07) is 4.62. The number of nitrogens with one attached hydrogen (secondary N) is 1. The Labute approximate surface area is 107 Å². The van der Waals surface area contributed by atoms with E-state index in [0.717, 1.165) is 12.1 Å². The zero-order chi connectivity index (χ0) is 12.7. The minimum atomic E-state index is -0.254. The predicted molar refractivity (Wildman–Crippen MR) is 69.1 cm³/mol. The van der Waals surface area contributed by atoms with E-state index in [4.69, 9.17) is 16.3 Å². The van der Waals surface area contributed by atoms with E-state index in [1.807, 2.05) is 13.8 Å². The third kappa shape index (κ3) is 5.02. The van der Waals surface area contributed by atoms with Gasteiger partial charge >= 0.3 is 0 Å². The Kier molecular flexibility index (Phi) is 6.48. The van der Waals surface area contributed by atoms with Gasteiger partial charge in [-0.3, -0.25) is 0 Å². The lowest BCUT2D eigenvalue weighted by atomic mass is 10.1. The maximum atomic E-state index is 13.1. The molecule has 1 aromatic carbocycles. The summed E-state index contributed by atoms with van der Waals surface area (Å²) in [4.78, 5) is 0. The highest BCUT2D eigenvalue weighted by atomic mass is 35.5. The number of hydrogen-bond donors (Lipinski definition) is 1. The van der Waals surface area contributed by atoms with Gasteiger partial charge in [-0.2, -0.15) is 0 Å². The fraction of sp³-hybridized carbons (Fsp3) is 0.538. The van der Waals surface area contributed by atoms with Crippen molar-refractivity contribution in [1.82, 2.24) is 5.32 Å². The molecule has 0 saturated carbocycles. The van der Waals surface area contributed by atoms with Crippen LogP contribution in [0, 0.1) is 5.82 Å². The molecule has 96 valence electrons. The molecule has 0 heterocycles. The van der Waals surface area contributed by atoms with Crippen LogP contribution in [-0.2, 0) is 11.2 Å². The molecular formula is C13H19ClFNO. The van der Waals surface area contributed by atoms with Crippen molar-refractivity contribution in [2.75, 3.05) is 19.8 Å². The van der Waals surface area contributed by atoms with E-state index in [9.17, 15) is 4.39 Å². The van der Waals surface area contributed by atoms with Crippen molar-refractivity contribution < 1.29 is 9.13 Å². The molecule has 1 unspecified atom stereocenters. The van der Waals surface area contributed by atoms with E-state index >= 15 is 0 Å². The summed E-state index contributed by atoms with van der Waals surface area (Å²) < 4.78 is 18.5. The first-order valence-electron chi connectivity index (χ1n) is 5.92. The highest BCUT2D eigenvalue weighted by Gasteiger charge is 2.11. The molecule has 17 heavy (non-hydrogen) atoms. The van der Waals surface area contributed by atoms with Crippen LogP contribution in [-0.4, -0.2) is 25.8 Å². The minimum absolute atomic E-state index is 0.166. The molecule has 0 aliphatic rings. The van der Waals surface area contributed by atoms with Crippen LogP contribution in [0.1, 0.15) is 19.4 Å². The van der Waals surface area contributed by atoms with Crippen LogP contribution in [0.5, 0.6) is 0 Å². The Balaban J connectivity index is 2.67. The summed E-state index contributed by atoms with van der Waals surface area (Å²) in [5.74, 6) is -0.254. The standard InChI is InChI=1S/C13H19ClFNO/c1-3-16-12(9-17-4-2)8-10-7-11(15)5-6-13(10)14/h5-7,12,16H,3-4,8-9H2,1-2H3. The lowest BCUT2D eigenvalue weighted by Gasteiger charge is -2.18. The Morgan fingerprint density at radius 3 is 2.82 bits per heavy atom. The Morgan fingerprint density at radius 2 is 2.18 bits per heavy atom. The smallest absolute Gasteiger partial charge is 0.123 e. The van der Waals surface area contributed by atoms with Gasteiger partial charge in [0, 0.05) is 17.7 Å². The predicted octanol–water partition coefficient (Wildman–Crippen LogP) is 3.04. The summed E-state index contributed by atoms with van der Waals surface area (Å²) >= 11 is 6.04. The van der Waals surface area contributed by atoms with Crippen LogP contribution in [0.3, 0.4) is 0 Å². The first-order valence-corrected chi connectivity index (χ1v) is 6.30. The molecule has 0 aliphatic carbocycles. The molecule has 0 saturated heterocycles. The molecule has 0 fully saturated rings. The SMILES string of the molecule is CCNC(COCC)Cc1cc(F)ccc1Cl. The van der Waals surface area contributed by atoms with Crippen molar-refractivity contribution in [3.05, 3.63) is 34.6 Å². The topological polar surface area (TPSA) is 21.3 Å². The fourth-order valence-corrected chi connectivity index (χ4v) is 1.90. The molecule has 0 bridgehead atoms. The van der Waals surface area contributed by atoms with Crippen LogP contribution < -0.4 is 5.32 Å². The van der Waals surface area contributed by atoms with Gasteiger partial charge in [0.15, 0.2) is 0 Å². The van der Waals surface area contributed by atoms with E-state index in [1.165, 1.54) is 12.1 Å². The third-order valence-corrected chi connectivity index (χ3v) is 2.86. The quantitative estimate of drug-likeness (QED) is 0.813. The molecule has 2 nitrogen and oxygen atoms in total. The molecule has 0 aliphatic heterocycles. The number of rotatable bonds is 7. The average molecular weight is 260 g/mol. The van der Waals surface area contributed by atoms with E-state index in [1.54, 1.807) is 6.07 Å². The van der Waals surface area contributed by atoms with Crippen molar-refractivity contribution in [3.63, 3.8) is 0 Å². The highest BCUT2D eigenvalue weighted by molar-refractivity contribution is 6.31. The van der Waals surface area contributed by atoms with Gasteiger partial charge in [0.25, 0.3) is 0 Å². The molecule has 1 atom stereocenters. The van der Waals surface area contributed by atoms with Crippen LogP contribution >= 0.6 is 11.6 Å². The van der Waals surface area contributed by atoms with Crippen molar-refractivity contribution in [2.24, 2.45) is 0 Å². The van der Waals surface area contributed by atoms with Crippen molar-refractivity contribution in [2.45, 2.75) is 26.3 Å².